The number of thioether (sulfide) groups is 1. The van der Waals surface area contributed by atoms with Crippen molar-refractivity contribution in [3.8, 4) is 0 Å². The highest BCUT2D eigenvalue weighted by molar-refractivity contribution is 8.01. The molecular weight excluding hydrogens is 362 g/mol. The number of fused-ring (bicyclic) bond motifs is 2. The average molecular weight is 378 g/mol. The number of anilines is 1. The Hall–Kier alpha value is -1.63. The summed E-state index contributed by atoms with van der Waals surface area (Å²) < 4.78 is 2.03. The molecule has 124 valence electrons. The number of carbonyl (C=O) groups excluding carboxylic acids is 1. The molecule has 7 heteroatoms. The molecule has 4 rings (SSSR count). The number of aryl methyl sites for hydroxylation is 1. The quantitative estimate of drug-likeness (QED) is 0.642. The van der Waals surface area contributed by atoms with Crippen LogP contribution in [0.3, 0.4) is 0 Å². The monoisotopic (exact) mass is 377 g/mol. The maximum Gasteiger partial charge on any atom is 0.237 e. The van der Waals surface area contributed by atoms with Crippen LogP contribution in [0.2, 0.25) is 0 Å². The van der Waals surface area contributed by atoms with Gasteiger partial charge < -0.3 is 4.90 Å². The van der Waals surface area contributed by atoms with Gasteiger partial charge >= 0.3 is 0 Å². The van der Waals surface area contributed by atoms with Gasteiger partial charge in [0.05, 0.1) is 16.6 Å². The maximum atomic E-state index is 12.6. The molecule has 1 aliphatic heterocycles. The molecule has 0 radical (unpaired) electrons. The van der Waals surface area contributed by atoms with E-state index in [1.165, 1.54) is 17.3 Å². The molecule has 4 nitrogen and oxygen atoms in total. The van der Waals surface area contributed by atoms with E-state index in [4.69, 9.17) is 0 Å². The fourth-order valence-corrected chi connectivity index (χ4v) is 4.73. The molecule has 0 saturated carbocycles. The van der Waals surface area contributed by atoms with Crippen molar-refractivity contribution in [1.29, 1.82) is 0 Å². The molecular formula is C17H16ClN3OS2. The van der Waals surface area contributed by atoms with Crippen molar-refractivity contribution in [3.63, 3.8) is 0 Å². The number of amides is 1. The molecule has 0 atom stereocenters. The number of nitrogens with zero attached hydrogens (tertiary/aromatic N) is 3. The molecule has 0 unspecified atom stereocenters. The summed E-state index contributed by atoms with van der Waals surface area (Å²) in [5.41, 5.74) is 3.23. The van der Waals surface area contributed by atoms with Crippen molar-refractivity contribution >= 4 is 57.3 Å². The van der Waals surface area contributed by atoms with Gasteiger partial charge in [0.15, 0.2) is 4.34 Å². The molecule has 0 fully saturated rings. The predicted molar refractivity (Wildman–Crippen MR) is 103 cm³/mol. The van der Waals surface area contributed by atoms with E-state index in [9.17, 15) is 4.79 Å². The van der Waals surface area contributed by atoms with Crippen LogP contribution in [0.15, 0.2) is 47.1 Å². The van der Waals surface area contributed by atoms with E-state index in [1.807, 2.05) is 29.2 Å². The van der Waals surface area contributed by atoms with Crippen molar-refractivity contribution in [2.24, 2.45) is 0 Å². The van der Waals surface area contributed by atoms with Gasteiger partial charge in [-0.05, 0) is 30.5 Å². The van der Waals surface area contributed by atoms with Crippen LogP contribution in [0.4, 0.5) is 5.69 Å². The third-order valence-electron chi connectivity index (χ3n) is 3.90. The first-order chi connectivity index (χ1) is 11.3. The minimum Gasteiger partial charge on any atom is -0.311 e. The number of aromatic nitrogens is 2. The first-order valence-electron chi connectivity index (χ1n) is 7.53. The second-order valence-corrected chi connectivity index (χ2v) is 7.64. The molecule has 0 aliphatic carbocycles. The van der Waals surface area contributed by atoms with Crippen LogP contribution in [0.25, 0.3) is 10.2 Å². The molecule has 1 aliphatic rings. The molecule has 3 heterocycles. The minimum atomic E-state index is 0. The van der Waals surface area contributed by atoms with E-state index in [1.54, 1.807) is 23.7 Å². The largest absolute Gasteiger partial charge is 0.311 e. The van der Waals surface area contributed by atoms with Gasteiger partial charge in [-0.1, -0.05) is 30.0 Å². The Kier molecular flexibility index (Phi) is 5.38. The van der Waals surface area contributed by atoms with E-state index >= 15 is 0 Å². The normalized spacial score (nSPS) is 13.4. The first kappa shape index (κ1) is 17.2. The molecule has 1 aromatic carbocycles. The summed E-state index contributed by atoms with van der Waals surface area (Å²) in [5.74, 6) is 0.571. The molecule has 3 aromatic rings. The summed E-state index contributed by atoms with van der Waals surface area (Å²) in [6, 6.07) is 10.2. The Labute approximate surface area is 154 Å². The zero-order valence-corrected chi connectivity index (χ0v) is 15.3. The van der Waals surface area contributed by atoms with Gasteiger partial charge in [0, 0.05) is 18.4 Å². The van der Waals surface area contributed by atoms with Gasteiger partial charge in [-0.2, -0.15) is 0 Å². The van der Waals surface area contributed by atoms with Crippen molar-refractivity contribution in [2.75, 3.05) is 17.2 Å². The number of pyridine rings is 1. The zero-order valence-electron chi connectivity index (χ0n) is 12.8. The summed E-state index contributed by atoms with van der Waals surface area (Å²) in [4.78, 5) is 23.1. The number of para-hydroxylation sites is 1. The van der Waals surface area contributed by atoms with Crippen LogP contribution in [0.5, 0.6) is 0 Å². The summed E-state index contributed by atoms with van der Waals surface area (Å²) >= 11 is 3.12. The highest BCUT2D eigenvalue weighted by Gasteiger charge is 2.22. The maximum absolute atomic E-state index is 12.6. The first-order valence-corrected chi connectivity index (χ1v) is 9.33. The fraction of sp³-hybridized carbons (Fsp3) is 0.235. The summed E-state index contributed by atoms with van der Waals surface area (Å²) in [7, 11) is 0. The molecule has 24 heavy (non-hydrogen) atoms. The SMILES string of the molecule is Cl.O=C(CSc1nc2cnccc2s1)N1CCCc2ccccc21. The molecule has 1 amide bonds. The summed E-state index contributed by atoms with van der Waals surface area (Å²) in [6.07, 6.45) is 5.61. The highest BCUT2D eigenvalue weighted by atomic mass is 35.5. The van der Waals surface area contributed by atoms with Crippen LogP contribution < -0.4 is 4.90 Å². The lowest BCUT2D eigenvalue weighted by atomic mass is 10.0. The fourth-order valence-electron chi connectivity index (χ4n) is 2.81. The number of hydrogen-bond acceptors (Lipinski definition) is 5. The van der Waals surface area contributed by atoms with Gasteiger partial charge in [-0.15, -0.1) is 23.7 Å². The molecule has 0 spiro atoms. The van der Waals surface area contributed by atoms with Crippen molar-refractivity contribution in [2.45, 2.75) is 17.2 Å². The number of carbonyl (C=O) groups is 1. The van der Waals surface area contributed by atoms with Crippen LogP contribution >= 0.6 is 35.5 Å². The van der Waals surface area contributed by atoms with E-state index in [0.717, 1.165) is 39.6 Å². The molecule has 0 saturated heterocycles. The topological polar surface area (TPSA) is 46.1 Å². The Morgan fingerprint density at radius 2 is 2.17 bits per heavy atom. The van der Waals surface area contributed by atoms with Gasteiger partial charge in [0.1, 0.15) is 5.52 Å². The molecule has 0 N–H and O–H groups in total. The van der Waals surface area contributed by atoms with Crippen molar-refractivity contribution in [3.05, 3.63) is 48.3 Å². The summed E-state index contributed by atoms with van der Waals surface area (Å²) in [5, 5.41) is 0. The Balaban J connectivity index is 0.00000169. The van der Waals surface area contributed by atoms with E-state index in [-0.39, 0.29) is 18.3 Å². The number of benzene rings is 1. The molecule has 0 bridgehead atoms. The Morgan fingerprint density at radius 1 is 1.29 bits per heavy atom. The van der Waals surface area contributed by atoms with Gasteiger partial charge in [0.2, 0.25) is 5.91 Å². The zero-order chi connectivity index (χ0) is 15.6. The van der Waals surface area contributed by atoms with Crippen LogP contribution in [-0.4, -0.2) is 28.2 Å². The minimum absolute atomic E-state index is 0. The lowest BCUT2D eigenvalue weighted by Crippen LogP contribution is -2.36. The predicted octanol–water partition coefficient (Wildman–Crippen LogP) is 4.18. The van der Waals surface area contributed by atoms with Gasteiger partial charge in [-0.25, -0.2) is 4.98 Å². The lowest BCUT2D eigenvalue weighted by Gasteiger charge is -2.29. The van der Waals surface area contributed by atoms with Gasteiger partial charge in [0.25, 0.3) is 0 Å². The number of halogens is 1. The van der Waals surface area contributed by atoms with Crippen LogP contribution in [0, 0.1) is 0 Å². The van der Waals surface area contributed by atoms with Gasteiger partial charge in [-0.3, -0.25) is 9.78 Å². The average Bonchev–Trinajstić information content (AvgIpc) is 3.02. The second-order valence-electron chi connectivity index (χ2n) is 5.39. The van der Waals surface area contributed by atoms with Crippen LogP contribution in [0.1, 0.15) is 12.0 Å². The second kappa shape index (κ2) is 7.51. The smallest absolute Gasteiger partial charge is 0.237 e. The van der Waals surface area contributed by atoms with Crippen molar-refractivity contribution in [1.82, 2.24) is 9.97 Å². The lowest BCUT2D eigenvalue weighted by molar-refractivity contribution is -0.116. The molecule has 2 aromatic heterocycles. The van der Waals surface area contributed by atoms with Crippen molar-refractivity contribution < 1.29 is 4.79 Å². The summed E-state index contributed by atoms with van der Waals surface area (Å²) in [6.45, 7) is 0.806. The Bertz CT molecular complexity index is 835. The van der Waals surface area contributed by atoms with E-state index in [0.29, 0.717) is 5.75 Å². The van der Waals surface area contributed by atoms with E-state index in [2.05, 4.69) is 16.0 Å². The number of rotatable bonds is 3. The van der Waals surface area contributed by atoms with Crippen LogP contribution in [-0.2, 0) is 11.2 Å². The van der Waals surface area contributed by atoms with E-state index < -0.39 is 0 Å². The highest BCUT2D eigenvalue weighted by Crippen LogP contribution is 2.31. The number of hydrogen-bond donors (Lipinski definition) is 0. The third-order valence-corrected chi connectivity index (χ3v) is 6.06. The standard InChI is InChI=1S/C17H15N3OS2.ClH/c21-16(20-9-3-5-12-4-1-2-6-14(12)20)11-22-17-19-13-10-18-8-7-15(13)23-17;/h1-2,4,6-8,10H,3,5,9,11H2;1H. The third kappa shape index (κ3) is 3.41. The number of thiazole rings is 1. The Morgan fingerprint density at radius 3 is 3.04 bits per heavy atom.